The normalized spacial score (nSPS) is 10.5. The number of aryl methyl sites for hydroxylation is 1. The number of rotatable bonds is 3. The van der Waals surface area contributed by atoms with Crippen LogP contribution in [0.4, 0.5) is 5.82 Å². The molecule has 0 unspecified atom stereocenters. The number of hydrogen-bond acceptors (Lipinski definition) is 3. The van der Waals surface area contributed by atoms with Crippen molar-refractivity contribution < 1.29 is 4.79 Å². The molecule has 0 bridgehead atoms. The van der Waals surface area contributed by atoms with E-state index in [9.17, 15) is 4.79 Å². The smallest absolute Gasteiger partial charge is 0.172 e. The lowest BCUT2D eigenvalue weighted by Crippen LogP contribution is -2.07. The Kier molecular flexibility index (Phi) is 3.28. The van der Waals surface area contributed by atoms with Crippen molar-refractivity contribution in [1.29, 1.82) is 0 Å². The van der Waals surface area contributed by atoms with E-state index >= 15 is 0 Å². The van der Waals surface area contributed by atoms with Crippen molar-refractivity contribution >= 4 is 27.5 Å². The van der Waals surface area contributed by atoms with Crippen LogP contribution in [0.2, 0.25) is 0 Å². The van der Waals surface area contributed by atoms with Crippen molar-refractivity contribution in [3.63, 3.8) is 0 Å². The number of ketones is 1. The number of nitrogens with zero attached hydrogens (tertiary/aromatic N) is 2. The molecule has 0 amide bonds. The van der Waals surface area contributed by atoms with Gasteiger partial charge in [-0.1, -0.05) is 28.1 Å². The summed E-state index contributed by atoms with van der Waals surface area (Å²) in [5.74, 6) is 0.388. The molecule has 0 atom stereocenters. The predicted octanol–water partition coefficient (Wildman–Crippen LogP) is 2.19. The van der Waals surface area contributed by atoms with Gasteiger partial charge in [-0.05, 0) is 17.7 Å². The molecule has 2 aromatic rings. The zero-order chi connectivity index (χ0) is 12.4. The fourth-order valence-corrected chi connectivity index (χ4v) is 2.04. The number of carbonyl (C=O) groups is 1. The largest absolute Gasteiger partial charge is 0.383 e. The second-order valence-corrected chi connectivity index (χ2v) is 4.71. The zero-order valence-electron chi connectivity index (χ0n) is 9.35. The molecule has 0 aliphatic carbocycles. The van der Waals surface area contributed by atoms with Crippen LogP contribution in [0.1, 0.15) is 15.9 Å². The molecule has 2 rings (SSSR count). The van der Waals surface area contributed by atoms with E-state index in [1.54, 1.807) is 7.05 Å². The summed E-state index contributed by atoms with van der Waals surface area (Å²) in [7, 11) is 1.71. The Hall–Kier alpha value is -1.62. The highest BCUT2D eigenvalue weighted by molar-refractivity contribution is 9.10. The number of anilines is 1. The van der Waals surface area contributed by atoms with E-state index in [1.165, 1.54) is 10.9 Å². The third-order valence-corrected chi connectivity index (χ3v) is 3.03. The topological polar surface area (TPSA) is 60.9 Å². The minimum Gasteiger partial charge on any atom is -0.383 e. The second-order valence-electron chi connectivity index (χ2n) is 3.80. The van der Waals surface area contributed by atoms with Crippen molar-refractivity contribution in [2.75, 3.05) is 5.73 Å². The number of halogens is 1. The van der Waals surface area contributed by atoms with Crippen LogP contribution >= 0.6 is 15.9 Å². The van der Waals surface area contributed by atoms with Crippen LogP contribution in [0.25, 0.3) is 0 Å². The Bertz CT molecular complexity index is 563. The van der Waals surface area contributed by atoms with Crippen LogP contribution in [0.5, 0.6) is 0 Å². The summed E-state index contributed by atoms with van der Waals surface area (Å²) in [5.41, 5.74) is 7.19. The minimum absolute atomic E-state index is 0.0197. The van der Waals surface area contributed by atoms with Gasteiger partial charge in [-0.2, -0.15) is 5.10 Å². The number of aromatic nitrogens is 2. The summed E-state index contributed by atoms with van der Waals surface area (Å²) in [6.45, 7) is 0. The van der Waals surface area contributed by atoms with Gasteiger partial charge in [-0.15, -0.1) is 0 Å². The highest BCUT2D eigenvalue weighted by Gasteiger charge is 2.14. The van der Waals surface area contributed by atoms with Gasteiger partial charge in [-0.3, -0.25) is 9.48 Å². The standard InChI is InChI=1S/C12H12BrN3O/c1-16-12(14)10(7-15-16)11(17)6-8-3-2-4-9(13)5-8/h2-5,7H,6,14H2,1H3. The van der Waals surface area contributed by atoms with Gasteiger partial charge < -0.3 is 5.73 Å². The highest BCUT2D eigenvalue weighted by Crippen LogP contribution is 2.16. The minimum atomic E-state index is -0.0197. The van der Waals surface area contributed by atoms with E-state index in [0.29, 0.717) is 17.8 Å². The Labute approximate surface area is 108 Å². The SMILES string of the molecule is Cn1ncc(C(=O)Cc2cccc(Br)c2)c1N. The lowest BCUT2D eigenvalue weighted by molar-refractivity contribution is 0.0994. The maximum atomic E-state index is 12.0. The average Bonchev–Trinajstić information content (AvgIpc) is 2.60. The number of nitrogens with two attached hydrogens (primary N) is 1. The summed E-state index contributed by atoms with van der Waals surface area (Å²) in [6, 6.07) is 7.66. The van der Waals surface area contributed by atoms with Crippen LogP contribution in [0.15, 0.2) is 34.9 Å². The molecular formula is C12H12BrN3O. The molecular weight excluding hydrogens is 282 g/mol. The van der Waals surface area contributed by atoms with E-state index in [-0.39, 0.29) is 5.78 Å². The highest BCUT2D eigenvalue weighted by atomic mass is 79.9. The van der Waals surface area contributed by atoms with E-state index < -0.39 is 0 Å². The van der Waals surface area contributed by atoms with Gasteiger partial charge >= 0.3 is 0 Å². The Morgan fingerprint density at radius 3 is 2.88 bits per heavy atom. The predicted molar refractivity (Wildman–Crippen MR) is 69.8 cm³/mol. The summed E-state index contributed by atoms with van der Waals surface area (Å²) < 4.78 is 2.45. The summed E-state index contributed by atoms with van der Waals surface area (Å²) in [6.07, 6.45) is 1.84. The molecule has 5 heteroatoms. The summed E-state index contributed by atoms with van der Waals surface area (Å²) in [5, 5.41) is 3.96. The van der Waals surface area contributed by atoms with Gasteiger partial charge in [0.2, 0.25) is 0 Å². The molecule has 1 aromatic heterocycles. The maximum absolute atomic E-state index is 12.0. The van der Waals surface area contributed by atoms with Gasteiger partial charge in [0.05, 0.1) is 11.8 Å². The molecule has 1 heterocycles. The van der Waals surface area contributed by atoms with Gasteiger partial charge in [0, 0.05) is 17.9 Å². The van der Waals surface area contributed by atoms with Crippen LogP contribution in [-0.4, -0.2) is 15.6 Å². The monoisotopic (exact) mass is 293 g/mol. The van der Waals surface area contributed by atoms with E-state index in [1.807, 2.05) is 24.3 Å². The molecule has 0 aliphatic rings. The number of carbonyl (C=O) groups excluding carboxylic acids is 1. The van der Waals surface area contributed by atoms with Crippen molar-refractivity contribution in [3.8, 4) is 0 Å². The third kappa shape index (κ3) is 2.55. The molecule has 0 saturated carbocycles. The first-order valence-electron chi connectivity index (χ1n) is 5.13. The maximum Gasteiger partial charge on any atom is 0.172 e. The van der Waals surface area contributed by atoms with Crippen molar-refractivity contribution in [3.05, 3.63) is 46.1 Å². The van der Waals surface area contributed by atoms with Crippen LogP contribution in [-0.2, 0) is 13.5 Å². The van der Waals surface area contributed by atoms with E-state index in [2.05, 4.69) is 21.0 Å². The van der Waals surface area contributed by atoms with Crippen LogP contribution in [0, 0.1) is 0 Å². The summed E-state index contributed by atoms with van der Waals surface area (Å²) >= 11 is 3.37. The Morgan fingerprint density at radius 1 is 1.53 bits per heavy atom. The van der Waals surface area contributed by atoms with Gasteiger partial charge in [0.1, 0.15) is 5.82 Å². The molecule has 4 nitrogen and oxygen atoms in total. The lowest BCUT2D eigenvalue weighted by atomic mass is 10.1. The van der Waals surface area contributed by atoms with Crippen LogP contribution < -0.4 is 5.73 Å². The van der Waals surface area contributed by atoms with Crippen LogP contribution in [0.3, 0.4) is 0 Å². The van der Waals surface area contributed by atoms with Gasteiger partial charge in [-0.25, -0.2) is 0 Å². The molecule has 88 valence electrons. The Balaban J connectivity index is 2.20. The van der Waals surface area contributed by atoms with Crippen molar-refractivity contribution in [2.45, 2.75) is 6.42 Å². The molecule has 0 spiro atoms. The first kappa shape index (κ1) is 11.9. The summed E-state index contributed by atoms with van der Waals surface area (Å²) in [4.78, 5) is 12.0. The molecule has 0 fully saturated rings. The quantitative estimate of drug-likeness (QED) is 0.883. The van der Waals surface area contributed by atoms with E-state index in [4.69, 9.17) is 5.73 Å². The zero-order valence-corrected chi connectivity index (χ0v) is 10.9. The molecule has 0 aliphatic heterocycles. The fourth-order valence-electron chi connectivity index (χ4n) is 1.59. The molecule has 0 saturated heterocycles. The fraction of sp³-hybridized carbons (Fsp3) is 0.167. The van der Waals surface area contributed by atoms with Crippen molar-refractivity contribution in [1.82, 2.24) is 9.78 Å². The number of benzene rings is 1. The Morgan fingerprint density at radius 2 is 2.29 bits per heavy atom. The van der Waals surface area contributed by atoms with Gasteiger partial charge in [0.15, 0.2) is 5.78 Å². The molecule has 1 aromatic carbocycles. The average molecular weight is 294 g/mol. The second kappa shape index (κ2) is 4.71. The van der Waals surface area contributed by atoms with Gasteiger partial charge in [0.25, 0.3) is 0 Å². The first-order valence-corrected chi connectivity index (χ1v) is 5.92. The molecule has 0 radical (unpaired) electrons. The third-order valence-electron chi connectivity index (χ3n) is 2.54. The number of hydrogen-bond donors (Lipinski definition) is 1. The lowest BCUT2D eigenvalue weighted by Gasteiger charge is -2.01. The molecule has 17 heavy (non-hydrogen) atoms. The number of nitrogen functional groups attached to an aromatic ring is 1. The first-order chi connectivity index (χ1) is 8.08. The van der Waals surface area contributed by atoms with E-state index in [0.717, 1.165) is 10.0 Å². The van der Waals surface area contributed by atoms with Crippen molar-refractivity contribution in [2.24, 2.45) is 7.05 Å². The number of Topliss-reactive ketones (excluding diaryl/α,β-unsaturated/α-hetero) is 1. The molecule has 2 N–H and O–H groups in total.